The van der Waals surface area contributed by atoms with Crippen LogP contribution in [0.1, 0.15) is 12.8 Å². The Bertz CT molecular complexity index is 163. The van der Waals surface area contributed by atoms with E-state index in [1.165, 1.54) is 12.8 Å². The highest BCUT2D eigenvalue weighted by Crippen LogP contribution is 2.40. The Kier molecular flexibility index (Phi) is 6.33. The molecule has 0 aromatic carbocycles. The van der Waals surface area contributed by atoms with Crippen molar-refractivity contribution in [3.8, 4) is 0 Å². The second-order valence-electron chi connectivity index (χ2n) is 4.04. The highest BCUT2D eigenvalue weighted by atomic mass is 35.5. The number of nitrogens with two attached hydrogens (primary N) is 1. The van der Waals surface area contributed by atoms with Crippen LogP contribution in [-0.4, -0.2) is 32.8 Å². The van der Waals surface area contributed by atoms with Gasteiger partial charge in [0, 0.05) is 19.8 Å². The van der Waals surface area contributed by atoms with Crippen molar-refractivity contribution in [1.82, 2.24) is 5.32 Å². The quantitative estimate of drug-likeness (QED) is 0.716. The summed E-state index contributed by atoms with van der Waals surface area (Å²) in [6.07, 6.45) is 2.39. The van der Waals surface area contributed by atoms with Crippen LogP contribution in [0.3, 0.4) is 0 Å². The Morgan fingerprint density at radius 3 is 2.50 bits per heavy atom. The average molecular weight is 243 g/mol. The van der Waals surface area contributed by atoms with Crippen LogP contribution in [0.15, 0.2) is 0 Å². The zero-order valence-electron chi connectivity index (χ0n) is 8.33. The van der Waals surface area contributed by atoms with E-state index in [1.807, 2.05) is 0 Å². The van der Waals surface area contributed by atoms with Gasteiger partial charge in [-0.15, -0.1) is 24.8 Å². The number of hydrogen-bond acceptors (Lipinski definition) is 3. The predicted octanol–water partition coefficient (Wildman–Crippen LogP) is 0.805. The average Bonchev–Trinajstić information content (AvgIpc) is 2.49. The third-order valence-corrected chi connectivity index (χ3v) is 3.51. The number of rotatable bonds is 1. The fraction of sp³-hybridized carbons (Fsp3) is 1.00. The molecule has 0 radical (unpaired) electrons. The largest absolute Gasteiger partial charge is 0.381 e. The third kappa shape index (κ3) is 2.52. The molecule has 2 fully saturated rings. The monoisotopic (exact) mass is 242 g/mol. The summed E-state index contributed by atoms with van der Waals surface area (Å²) in [4.78, 5) is 0. The number of hydrogen-bond donors (Lipinski definition) is 2. The Hall–Kier alpha value is 0.460. The second kappa shape index (κ2) is 6.13. The number of halogens is 2. The molecule has 86 valence electrons. The van der Waals surface area contributed by atoms with Gasteiger partial charge in [-0.3, -0.25) is 0 Å². The van der Waals surface area contributed by atoms with Gasteiger partial charge >= 0.3 is 0 Å². The normalized spacial score (nSPS) is 29.4. The molecule has 0 bridgehead atoms. The molecule has 1 atom stereocenters. The Labute approximate surface area is 98.0 Å². The van der Waals surface area contributed by atoms with E-state index in [-0.39, 0.29) is 24.8 Å². The number of ether oxygens (including phenoxy) is 1. The molecule has 1 spiro atoms. The summed E-state index contributed by atoms with van der Waals surface area (Å²) < 4.78 is 5.38. The molecule has 0 aromatic rings. The van der Waals surface area contributed by atoms with Crippen LogP contribution in [0.2, 0.25) is 0 Å². The van der Waals surface area contributed by atoms with Crippen molar-refractivity contribution in [2.75, 3.05) is 32.8 Å². The molecule has 0 aliphatic carbocycles. The Morgan fingerprint density at radius 1 is 1.29 bits per heavy atom. The first kappa shape index (κ1) is 14.5. The topological polar surface area (TPSA) is 47.3 Å². The van der Waals surface area contributed by atoms with Crippen LogP contribution < -0.4 is 11.1 Å². The molecule has 0 saturated carbocycles. The SMILES string of the molecule is Cl.Cl.NCC1CNCC12CCOCC2. The van der Waals surface area contributed by atoms with Gasteiger partial charge in [0.1, 0.15) is 0 Å². The molecule has 0 amide bonds. The first-order chi connectivity index (χ1) is 5.87. The van der Waals surface area contributed by atoms with Crippen LogP contribution in [0.4, 0.5) is 0 Å². The molecule has 3 N–H and O–H groups in total. The molecular weight excluding hydrogens is 223 g/mol. The third-order valence-electron chi connectivity index (χ3n) is 3.51. The van der Waals surface area contributed by atoms with Crippen molar-refractivity contribution in [3.63, 3.8) is 0 Å². The lowest BCUT2D eigenvalue weighted by atomic mass is 9.72. The minimum atomic E-state index is 0. The van der Waals surface area contributed by atoms with E-state index in [9.17, 15) is 0 Å². The van der Waals surface area contributed by atoms with Gasteiger partial charge in [-0.05, 0) is 37.3 Å². The lowest BCUT2D eigenvalue weighted by Gasteiger charge is -2.37. The lowest BCUT2D eigenvalue weighted by molar-refractivity contribution is 0.00440. The standard InChI is InChI=1S/C9H18N2O.2ClH/c10-5-8-6-11-7-9(8)1-3-12-4-2-9;;/h8,11H,1-7,10H2;2*1H. The zero-order valence-corrected chi connectivity index (χ0v) is 9.96. The van der Waals surface area contributed by atoms with Gasteiger partial charge in [-0.2, -0.15) is 0 Å². The van der Waals surface area contributed by atoms with Crippen molar-refractivity contribution < 1.29 is 4.74 Å². The van der Waals surface area contributed by atoms with Crippen LogP contribution in [0.5, 0.6) is 0 Å². The summed E-state index contributed by atoms with van der Waals surface area (Å²) in [7, 11) is 0. The molecule has 5 heteroatoms. The van der Waals surface area contributed by atoms with Gasteiger partial charge in [0.25, 0.3) is 0 Å². The highest BCUT2D eigenvalue weighted by Gasteiger charge is 2.42. The molecule has 2 heterocycles. The van der Waals surface area contributed by atoms with Crippen LogP contribution >= 0.6 is 24.8 Å². The van der Waals surface area contributed by atoms with Crippen molar-refractivity contribution in [3.05, 3.63) is 0 Å². The van der Waals surface area contributed by atoms with Crippen molar-refractivity contribution in [1.29, 1.82) is 0 Å². The predicted molar refractivity (Wildman–Crippen MR) is 62.4 cm³/mol. The highest BCUT2D eigenvalue weighted by molar-refractivity contribution is 5.85. The van der Waals surface area contributed by atoms with Gasteiger partial charge in [-0.1, -0.05) is 0 Å². The van der Waals surface area contributed by atoms with E-state index in [4.69, 9.17) is 10.5 Å². The van der Waals surface area contributed by atoms with Gasteiger partial charge in [-0.25, -0.2) is 0 Å². The molecule has 2 aliphatic rings. The lowest BCUT2D eigenvalue weighted by Crippen LogP contribution is -2.39. The summed E-state index contributed by atoms with van der Waals surface area (Å²) in [6, 6.07) is 0. The summed E-state index contributed by atoms with van der Waals surface area (Å²) in [6.45, 7) is 4.94. The number of nitrogens with one attached hydrogen (secondary N) is 1. The Morgan fingerprint density at radius 2 is 1.93 bits per heavy atom. The first-order valence-corrected chi connectivity index (χ1v) is 4.86. The van der Waals surface area contributed by atoms with E-state index < -0.39 is 0 Å². The van der Waals surface area contributed by atoms with Crippen molar-refractivity contribution in [2.24, 2.45) is 17.1 Å². The molecule has 2 saturated heterocycles. The van der Waals surface area contributed by atoms with E-state index >= 15 is 0 Å². The van der Waals surface area contributed by atoms with Crippen LogP contribution in [0, 0.1) is 11.3 Å². The summed E-state index contributed by atoms with van der Waals surface area (Å²) in [5.74, 6) is 0.682. The van der Waals surface area contributed by atoms with Gasteiger partial charge in [0.05, 0.1) is 0 Å². The molecule has 14 heavy (non-hydrogen) atoms. The maximum atomic E-state index is 5.76. The van der Waals surface area contributed by atoms with Crippen molar-refractivity contribution in [2.45, 2.75) is 12.8 Å². The minimum absolute atomic E-state index is 0. The molecule has 0 aromatic heterocycles. The molecular formula is C9H20Cl2N2O. The fourth-order valence-electron chi connectivity index (χ4n) is 2.55. The molecule has 3 nitrogen and oxygen atoms in total. The Balaban J connectivity index is 0.000000845. The maximum Gasteiger partial charge on any atom is 0.0471 e. The fourth-order valence-corrected chi connectivity index (χ4v) is 2.55. The van der Waals surface area contributed by atoms with Crippen LogP contribution in [0.25, 0.3) is 0 Å². The summed E-state index contributed by atoms with van der Waals surface area (Å²) >= 11 is 0. The van der Waals surface area contributed by atoms with Gasteiger partial charge in [0.2, 0.25) is 0 Å². The van der Waals surface area contributed by atoms with E-state index in [1.54, 1.807) is 0 Å². The molecule has 1 unspecified atom stereocenters. The van der Waals surface area contributed by atoms with E-state index in [0.29, 0.717) is 11.3 Å². The van der Waals surface area contributed by atoms with E-state index in [2.05, 4.69) is 5.32 Å². The molecule has 2 rings (SSSR count). The second-order valence-corrected chi connectivity index (χ2v) is 4.04. The maximum absolute atomic E-state index is 5.76. The van der Waals surface area contributed by atoms with E-state index in [0.717, 1.165) is 32.8 Å². The zero-order chi connectivity index (χ0) is 8.44. The smallest absolute Gasteiger partial charge is 0.0471 e. The first-order valence-electron chi connectivity index (χ1n) is 4.86. The minimum Gasteiger partial charge on any atom is -0.381 e. The summed E-state index contributed by atoms with van der Waals surface area (Å²) in [5, 5.41) is 3.45. The van der Waals surface area contributed by atoms with Crippen molar-refractivity contribution >= 4 is 24.8 Å². The van der Waals surface area contributed by atoms with Crippen LogP contribution in [-0.2, 0) is 4.74 Å². The van der Waals surface area contributed by atoms with Gasteiger partial charge < -0.3 is 15.8 Å². The van der Waals surface area contributed by atoms with Gasteiger partial charge in [0.15, 0.2) is 0 Å². The molecule has 2 aliphatic heterocycles. The summed E-state index contributed by atoms with van der Waals surface area (Å²) in [5.41, 5.74) is 6.24.